The lowest BCUT2D eigenvalue weighted by Gasteiger charge is -2.10. The number of nitriles is 1. The third kappa shape index (κ3) is 2.51. The van der Waals surface area contributed by atoms with Gasteiger partial charge in [-0.15, -0.1) is 6.42 Å². The number of hydrogen-bond donors (Lipinski definition) is 1. The molecule has 0 saturated carbocycles. The average molecular weight is 232 g/mol. The zero-order valence-corrected chi connectivity index (χ0v) is 10.1. The molecule has 2 heteroatoms. The topological polar surface area (TPSA) is 35.8 Å². The van der Waals surface area contributed by atoms with Crippen LogP contribution in [-0.2, 0) is 0 Å². The van der Waals surface area contributed by atoms with Crippen molar-refractivity contribution >= 4 is 11.4 Å². The molecule has 2 nitrogen and oxygen atoms in total. The molecular formula is C16H12N2. The molecule has 18 heavy (non-hydrogen) atoms. The molecular weight excluding hydrogens is 220 g/mol. The second-order valence-electron chi connectivity index (χ2n) is 3.99. The van der Waals surface area contributed by atoms with E-state index in [0.717, 1.165) is 22.5 Å². The minimum atomic E-state index is 0.662. The van der Waals surface area contributed by atoms with Crippen molar-refractivity contribution in [3.63, 3.8) is 0 Å². The Morgan fingerprint density at radius 2 is 1.94 bits per heavy atom. The molecule has 0 heterocycles. The van der Waals surface area contributed by atoms with Gasteiger partial charge in [0.15, 0.2) is 0 Å². The lowest BCUT2D eigenvalue weighted by molar-refractivity contribution is 1.40. The van der Waals surface area contributed by atoms with Crippen molar-refractivity contribution in [1.29, 1.82) is 5.26 Å². The van der Waals surface area contributed by atoms with Gasteiger partial charge in [0, 0.05) is 16.9 Å². The fraction of sp³-hybridized carbons (Fsp3) is 0.0625. The third-order valence-electron chi connectivity index (χ3n) is 2.66. The molecule has 0 unspecified atom stereocenters. The maximum Gasteiger partial charge on any atom is 0.0991 e. The smallest absolute Gasteiger partial charge is 0.0991 e. The van der Waals surface area contributed by atoms with Crippen LogP contribution in [-0.4, -0.2) is 0 Å². The lowest BCUT2D eigenvalue weighted by Crippen LogP contribution is -1.94. The van der Waals surface area contributed by atoms with Gasteiger partial charge in [-0.1, -0.05) is 12.0 Å². The largest absolute Gasteiger partial charge is 0.355 e. The van der Waals surface area contributed by atoms with Gasteiger partial charge in [0.25, 0.3) is 0 Å². The first-order valence-electron chi connectivity index (χ1n) is 5.57. The monoisotopic (exact) mass is 232 g/mol. The molecule has 1 N–H and O–H groups in total. The van der Waals surface area contributed by atoms with Crippen molar-refractivity contribution in [2.24, 2.45) is 0 Å². The predicted octanol–water partition coefficient (Wildman–Crippen LogP) is 3.59. The van der Waals surface area contributed by atoms with Crippen molar-refractivity contribution in [2.45, 2.75) is 6.92 Å². The van der Waals surface area contributed by atoms with Gasteiger partial charge in [-0.3, -0.25) is 0 Å². The minimum Gasteiger partial charge on any atom is -0.355 e. The molecule has 86 valence electrons. The second kappa shape index (κ2) is 5.08. The van der Waals surface area contributed by atoms with Gasteiger partial charge in [0.1, 0.15) is 0 Å². The van der Waals surface area contributed by atoms with E-state index in [9.17, 15) is 0 Å². The highest BCUT2D eigenvalue weighted by Crippen LogP contribution is 2.21. The summed E-state index contributed by atoms with van der Waals surface area (Å²) in [6, 6.07) is 15.3. The van der Waals surface area contributed by atoms with Crippen LogP contribution in [0.15, 0.2) is 42.5 Å². The zero-order chi connectivity index (χ0) is 13.0. The number of hydrogen-bond acceptors (Lipinski definition) is 2. The highest BCUT2D eigenvalue weighted by atomic mass is 14.9. The SMILES string of the molecule is C#Cc1cccc(Nc2ccc(C#N)cc2C)c1. The number of terminal acetylenes is 1. The first kappa shape index (κ1) is 11.8. The van der Waals surface area contributed by atoms with Crippen molar-refractivity contribution in [3.8, 4) is 18.4 Å². The van der Waals surface area contributed by atoms with Crippen LogP contribution in [0.5, 0.6) is 0 Å². The molecule has 0 fully saturated rings. The average Bonchev–Trinajstić information content (AvgIpc) is 2.41. The number of aryl methyl sites for hydroxylation is 1. The molecule has 2 aromatic carbocycles. The Morgan fingerprint density at radius 3 is 2.61 bits per heavy atom. The Labute approximate surface area is 107 Å². The molecule has 2 aromatic rings. The van der Waals surface area contributed by atoms with Gasteiger partial charge in [-0.05, 0) is 48.9 Å². The van der Waals surface area contributed by atoms with Crippen LogP contribution in [0.2, 0.25) is 0 Å². The van der Waals surface area contributed by atoms with Crippen molar-refractivity contribution in [1.82, 2.24) is 0 Å². The summed E-state index contributed by atoms with van der Waals surface area (Å²) in [4.78, 5) is 0. The fourth-order valence-electron chi connectivity index (χ4n) is 1.72. The van der Waals surface area contributed by atoms with Crippen LogP contribution in [0.4, 0.5) is 11.4 Å². The van der Waals surface area contributed by atoms with Crippen LogP contribution in [0.25, 0.3) is 0 Å². The molecule has 0 aliphatic rings. The standard InChI is InChI=1S/C16H12N2/c1-3-13-5-4-6-15(10-13)18-16-8-7-14(11-17)9-12(16)2/h1,4-10,18H,2H3. The van der Waals surface area contributed by atoms with E-state index in [4.69, 9.17) is 11.7 Å². The van der Waals surface area contributed by atoms with Gasteiger partial charge in [-0.25, -0.2) is 0 Å². The van der Waals surface area contributed by atoms with Gasteiger partial charge in [0.05, 0.1) is 11.6 Å². The summed E-state index contributed by atoms with van der Waals surface area (Å²) in [6.07, 6.45) is 5.37. The Bertz CT molecular complexity index is 658. The van der Waals surface area contributed by atoms with Gasteiger partial charge in [-0.2, -0.15) is 5.26 Å². The van der Waals surface area contributed by atoms with E-state index in [-0.39, 0.29) is 0 Å². The summed E-state index contributed by atoms with van der Waals surface area (Å²) in [5, 5.41) is 12.1. The second-order valence-corrected chi connectivity index (χ2v) is 3.99. The molecule has 2 rings (SSSR count). The van der Waals surface area contributed by atoms with Crippen LogP contribution in [0.1, 0.15) is 16.7 Å². The number of anilines is 2. The Kier molecular flexibility index (Phi) is 3.32. The van der Waals surface area contributed by atoms with E-state index < -0.39 is 0 Å². The van der Waals surface area contributed by atoms with Crippen LogP contribution >= 0.6 is 0 Å². The summed E-state index contributed by atoms with van der Waals surface area (Å²) in [5.41, 5.74) is 4.45. The number of nitrogens with one attached hydrogen (secondary N) is 1. The molecule has 0 aromatic heterocycles. The number of benzene rings is 2. The highest BCUT2D eigenvalue weighted by molar-refractivity contribution is 5.65. The van der Waals surface area contributed by atoms with E-state index in [1.165, 1.54) is 0 Å². The summed E-state index contributed by atoms with van der Waals surface area (Å²) in [6.45, 7) is 1.97. The predicted molar refractivity (Wildman–Crippen MR) is 73.6 cm³/mol. The van der Waals surface area contributed by atoms with Gasteiger partial charge < -0.3 is 5.32 Å². The van der Waals surface area contributed by atoms with Crippen LogP contribution in [0.3, 0.4) is 0 Å². The molecule has 0 atom stereocenters. The van der Waals surface area contributed by atoms with Gasteiger partial charge >= 0.3 is 0 Å². The molecule has 0 aliphatic carbocycles. The number of nitrogens with zero attached hydrogens (tertiary/aromatic N) is 1. The van der Waals surface area contributed by atoms with Crippen molar-refractivity contribution in [2.75, 3.05) is 5.32 Å². The van der Waals surface area contributed by atoms with Crippen LogP contribution in [0, 0.1) is 30.6 Å². The van der Waals surface area contributed by atoms with E-state index in [2.05, 4.69) is 17.3 Å². The molecule has 0 amide bonds. The third-order valence-corrected chi connectivity index (χ3v) is 2.66. The molecule has 0 radical (unpaired) electrons. The Morgan fingerprint density at radius 1 is 1.11 bits per heavy atom. The number of rotatable bonds is 2. The quantitative estimate of drug-likeness (QED) is 0.803. The highest BCUT2D eigenvalue weighted by Gasteiger charge is 2.01. The van der Waals surface area contributed by atoms with E-state index in [1.807, 2.05) is 43.3 Å². The first-order valence-corrected chi connectivity index (χ1v) is 5.57. The summed E-state index contributed by atoms with van der Waals surface area (Å²) in [5.74, 6) is 2.60. The summed E-state index contributed by atoms with van der Waals surface area (Å²) in [7, 11) is 0. The summed E-state index contributed by atoms with van der Waals surface area (Å²) < 4.78 is 0. The fourth-order valence-corrected chi connectivity index (χ4v) is 1.72. The lowest BCUT2D eigenvalue weighted by atomic mass is 10.1. The Hall–Kier alpha value is -2.71. The molecule has 0 saturated heterocycles. The van der Waals surface area contributed by atoms with Crippen LogP contribution < -0.4 is 5.32 Å². The molecule has 0 aliphatic heterocycles. The minimum absolute atomic E-state index is 0.662. The van der Waals surface area contributed by atoms with E-state index in [0.29, 0.717) is 5.56 Å². The first-order chi connectivity index (χ1) is 8.72. The normalized spacial score (nSPS) is 9.28. The van der Waals surface area contributed by atoms with Crippen molar-refractivity contribution < 1.29 is 0 Å². The van der Waals surface area contributed by atoms with Gasteiger partial charge in [0.2, 0.25) is 0 Å². The zero-order valence-electron chi connectivity index (χ0n) is 10.1. The Balaban J connectivity index is 2.29. The maximum absolute atomic E-state index is 8.82. The van der Waals surface area contributed by atoms with Crippen molar-refractivity contribution in [3.05, 3.63) is 59.2 Å². The maximum atomic E-state index is 8.82. The van der Waals surface area contributed by atoms with E-state index >= 15 is 0 Å². The summed E-state index contributed by atoms with van der Waals surface area (Å²) >= 11 is 0. The van der Waals surface area contributed by atoms with E-state index in [1.54, 1.807) is 6.07 Å². The molecule has 0 bridgehead atoms. The molecule has 0 spiro atoms.